The smallest absolute Gasteiger partial charge is 0.0978 e. The van der Waals surface area contributed by atoms with Gasteiger partial charge >= 0.3 is 0 Å². The third-order valence-electron chi connectivity index (χ3n) is 29.2. The summed E-state index contributed by atoms with van der Waals surface area (Å²) in [4.78, 5) is 13.2. The minimum Gasteiger partial charge on any atom is -0.311 e. The van der Waals surface area contributed by atoms with Crippen molar-refractivity contribution >= 4 is 125 Å². The van der Waals surface area contributed by atoms with E-state index in [0.29, 0.717) is 0 Å². The molecule has 0 amide bonds. The Labute approximate surface area is 860 Å². The molecule has 3 heterocycles. The van der Waals surface area contributed by atoms with Gasteiger partial charge in [-0.25, -0.2) is 9.97 Å². The third kappa shape index (κ3) is 17.7. The lowest BCUT2D eigenvalue weighted by Gasteiger charge is -2.26. The van der Waals surface area contributed by atoms with Crippen LogP contribution in [0.5, 0.6) is 0 Å². The maximum absolute atomic E-state index is 5.42. The van der Waals surface area contributed by atoms with Crippen LogP contribution in [0.25, 0.3) is 248 Å². The first kappa shape index (κ1) is 88.6. The normalized spacial score (nSPS) is 11.4. The van der Waals surface area contributed by atoms with Crippen LogP contribution in [-0.4, -0.2) is 14.5 Å². The number of fused-ring (bicyclic) bond motifs is 12. The van der Waals surface area contributed by atoms with Gasteiger partial charge in [-0.05, 0) is 303 Å². The van der Waals surface area contributed by atoms with Crippen molar-refractivity contribution in [3.8, 4) is 139 Å². The molecule has 25 aromatic carbocycles. The summed E-state index contributed by atoms with van der Waals surface area (Å²) in [6.07, 6.45) is 0. The van der Waals surface area contributed by atoms with Crippen LogP contribution < -0.4 is 4.90 Å². The van der Waals surface area contributed by atoms with E-state index in [-0.39, 0.29) is 0 Å². The summed E-state index contributed by atoms with van der Waals surface area (Å²) in [6, 6.07) is 210. The van der Waals surface area contributed by atoms with Gasteiger partial charge in [0.1, 0.15) is 0 Å². The van der Waals surface area contributed by atoms with Crippen LogP contribution in [0.1, 0.15) is 0 Å². The lowest BCUT2D eigenvalue weighted by Crippen LogP contribution is -2.09. The second-order valence-corrected chi connectivity index (χ2v) is 38.3. The lowest BCUT2D eigenvalue weighted by atomic mass is 9.93. The van der Waals surface area contributed by atoms with Crippen LogP contribution >= 0.6 is 0 Å². The Balaban J connectivity index is 0.000000113. The number of rotatable bonds is 16. The minimum atomic E-state index is 0.904. The van der Waals surface area contributed by atoms with E-state index in [0.717, 1.165) is 89.3 Å². The highest BCUT2D eigenvalue weighted by Gasteiger charge is 2.23. The fourth-order valence-electron chi connectivity index (χ4n) is 21.5. The summed E-state index contributed by atoms with van der Waals surface area (Å²) in [6.45, 7) is 0. The monoisotopic (exact) mass is 1880 g/mol. The van der Waals surface area contributed by atoms with Crippen molar-refractivity contribution in [2.45, 2.75) is 0 Å². The number of aromatic nitrogens is 3. The van der Waals surface area contributed by atoms with Crippen molar-refractivity contribution in [1.29, 1.82) is 0 Å². The number of nitrogens with zero attached hydrogens (tertiary/aromatic N) is 4. The second kappa shape index (κ2) is 39.1. The molecule has 4 heteroatoms. The molecule has 3 aromatic heterocycles. The summed E-state index contributed by atoms with van der Waals surface area (Å²) < 4.78 is 2.39. The molecule has 28 rings (SSSR count). The standard InChI is InChI=1S/C50H33N.C50H35N.C44H28N2/c1-2-12-46(13-3-1)51-49-28-26-44(38-18-14-36(15-19-38)42-24-22-34-8-4-6-10-40(34)30-42)32-47(49)48-33-45(27-29-50(48)51)39-20-16-37(17-21-39)43-25-23-35-9-5-7-11-41(35)31-43;1-3-9-36(10-4-1)39-21-27-48(28-22-39)51(49-29-23-40(24-30-49)37-11-5-2-6-12-37)50-31-25-41(26-32-50)43-17-18-46-35-47(20-19-45(46)34-43)44-16-15-38-13-7-8-14-42(38)33-44;1-3-13-31(14-4-1)39-27-41(35-21-19-29-11-7-9-17-33(29)25-35)45-43-37(39)23-24-38-40(32-15-5-2-6-16-32)28-42(46-44(38)43)36-22-20-30-12-8-10-18-34(30)26-36/h1-33H;1-35H;1-28H. The maximum Gasteiger partial charge on any atom is 0.0978 e. The average molecular weight is 1880 g/mol. The highest BCUT2D eigenvalue weighted by atomic mass is 15.1. The zero-order valence-corrected chi connectivity index (χ0v) is 81.2. The molecule has 0 radical (unpaired) electrons. The van der Waals surface area contributed by atoms with Gasteiger partial charge in [-0.1, -0.05) is 455 Å². The summed E-state index contributed by atoms with van der Waals surface area (Å²) >= 11 is 0. The molecule has 0 saturated heterocycles. The van der Waals surface area contributed by atoms with E-state index in [2.05, 4.69) is 592 Å². The Kier molecular flexibility index (Phi) is 23.4. The molecule has 0 saturated carbocycles. The highest BCUT2D eigenvalue weighted by Crippen LogP contribution is 2.46. The number of anilines is 3. The van der Waals surface area contributed by atoms with E-state index in [9.17, 15) is 0 Å². The van der Waals surface area contributed by atoms with E-state index in [1.807, 2.05) is 0 Å². The van der Waals surface area contributed by atoms with Crippen LogP contribution in [-0.2, 0) is 0 Å². The van der Waals surface area contributed by atoms with Crippen LogP contribution in [0.2, 0.25) is 0 Å². The highest BCUT2D eigenvalue weighted by molar-refractivity contribution is 6.15. The van der Waals surface area contributed by atoms with Crippen molar-refractivity contribution in [2.75, 3.05) is 4.90 Å². The van der Waals surface area contributed by atoms with Crippen LogP contribution in [0.3, 0.4) is 0 Å². The van der Waals surface area contributed by atoms with E-state index in [4.69, 9.17) is 9.97 Å². The second-order valence-electron chi connectivity index (χ2n) is 38.3. The van der Waals surface area contributed by atoms with Crippen LogP contribution in [0, 0.1) is 0 Å². The quantitative estimate of drug-likeness (QED) is 0.0904. The van der Waals surface area contributed by atoms with Crippen molar-refractivity contribution in [3.63, 3.8) is 0 Å². The van der Waals surface area contributed by atoms with Crippen molar-refractivity contribution < 1.29 is 0 Å². The molecular weight excluding hydrogens is 1790 g/mol. The zero-order valence-electron chi connectivity index (χ0n) is 81.2. The third-order valence-corrected chi connectivity index (χ3v) is 29.2. The van der Waals surface area contributed by atoms with Gasteiger partial charge in [0, 0.05) is 55.4 Å². The van der Waals surface area contributed by atoms with E-state index in [1.165, 1.54) is 175 Å². The first-order valence-corrected chi connectivity index (χ1v) is 50.7. The van der Waals surface area contributed by atoms with Gasteiger partial charge in [0.2, 0.25) is 0 Å². The number of hydrogen-bond acceptors (Lipinski definition) is 3. The fraction of sp³-hybridized carbons (Fsp3) is 0. The summed E-state index contributed by atoms with van der Waals surface area (Å²) in [7, 11) is 0. The number of benzene rings is 25. The number of pyridine rings is 2. The number of hydrogen-bond donors (Lipinski definition) is 0. The van der Waals surface area contributed by atoms with E-state index in [1.54, 1.807) is 0 Å². The molecule has 0 aliphatic heterocycles. The molecule has 0 spiro atoms. The molecule has 0 unspecified atom stereocenters. The lowest BCUT2D eigenvalue weighted by molar-refractivity contribution is 1.18. The Morgan fingerprint density at radius 1 is 0.135 bits per heavy atom. The Morgan fingerprint density at radius 2 is 0.338 bits per heavy atom. The predicted octanol–water partition coefficient (Wildman–Crippen LogP) is 39.6. The zero-order chi connectivity index (χ0) is 98.2. The molecule has 0 fully saturated rings. The average Bonchev–Trinajstić information content (AvgIpc) is 1.12. The van der Waals surface area contributed by atoms with Crippen molar-refractivity contribution in [1.82, 2.24) is 14.5 Å². The van der Waals surface area contributed by atoms with Gasteiger partial charge in [0.15, 0.2) is 0 Å². The molecule has 0 bridgehead atoms. The van der Waals surface area contributed by atoms with Crippen molar-refractivity contribution in [3.05, 3.63) is 582 Å². The molecule has 28 aromatic rings. The van der Waals surface area contributed by atoms with Gasteiger partial charge in [0.05, 0.1) is 33.5 Å². The summed E-state index contributed by atoms with van der Waals surface area (Å²) in [5, 5.41) is 19.6. The van der Waals surface area contributed by atoms with Crippen molar-refractivity contribution in [2.24, 2.45) is 0 Å². The topological polar surface area (TPSA) is 34.0 Å². The summed E-state index contributed by atoms with van der Waals surface area (Å²) in [5.41, 5.74) is 36.9. The number of para-hydroxylation sites is 1. The molecule has 148 heavy (non-hydrogen) atoms. The Morgan fingerprint density at radius 3 is 0.642 bits per heavy atom. The maximum atomic E-state index is 5.42. The fourth-order valence-corrected chi connectivity index (χ4v) is 21.5. The molecule has 0 N–H and O–H groups in total. The van der Waals surface area contributed by atoms with Gasteiger partial charge < -0.3 is 9.47 Å². The van der Waals surface area contributed by atoms with Gasteiger partial charge in [0.25, 0.3) is 0 Å². The Hall–Kier alpha value is -19.5. The van der Waals surface area contributed by atoms with Gasteiger partial charge in [-0.15, -0.1) is 0 Å². The Bertz CT molecular complexity index is 9390. The van der Waals surface area contributed by atoms with E-state index >= 15 is 0 Å². The largest absolute Gasteiger partial charge is 0.311 e. The summed E-state index contributed by atoms with van der Waals surface area (Å²) in [5.74, 6) is 0. The molecule has 0 aliphatic rings. The van der Waals surface area contributed by atoms with E-state index < -0.39 is 0 Å². The van der Waals surface area contributed by atoms with Crippen LogP contribution in [0.4, 0.5) is 17.1 Å². The molecule has 692 valence electrons. The SMILES string of the molecule is c1ccc(-c2cc(-c3ccc4ccccc4c3)nc3c2ccc2c(-c4ccccc4)cc(-c4ccc5ccccc5c4)nc23)cc1.c1ccc(-c2ccc(N(c3ccc(-c4ccccc4)cc3)c3ccc(-c4ccc5cc(-c6ccc7ccccc7c6)ccc5c4)cc3)cc2)cc1.c1ccc(-n2c3ccc(-c4ccc(-c5ccc6ccccc6c5)cc4)cc3c3cc(-c4ccc(-c5ccc6ccccc6c5)cc4)ccc32)cc1. The minimum absolute atomic E-state index is 0.904. The first-order chi connectivity index (χ1) is 73.3. The molecule has 4 nitrogen and oxygen atoms in total. The molecule has 0 aliphatic carbocycles. The molecular formula is C144H96N4. The molecule has 0 atom stereocenters. The van der Waals surface area contributed by atoms with Crippen LogP contribution in [0.15, 0.2) is 582 Å². The predicted molar refractivity (Wildman–Crippen MR) is 629 cm³/mol. The van der Waals surface area contributed by atoms with Gasteiger partial charge in [-0.2, -0.15) is 0 Å². The first-order valence-electron chi connectivity index (χ1n) is 50.7. The van der Waals surface area contributed by atoms with Gasteiger partial charge in [-0.3, -0.25) is 0 Å².